The molecule has 0 aromatic heterocycles. The van der Waals surface area contributed by atoms with E-state index in [1.54, 1.807) is 12.1 Å². The van der Waals surface area contributed by atoms with E-state index < -0.39 is 6.04 Å². The molecule has 3 nitrogen and oxygen atoms in total. The van der Waals surface area contributed by atoms with Gasteiger partial charge in [0.25, 0.3) is 5.91 Å². The van der Waals surface area contributed by atoms with Crippen LogP contribution in [0.5, 0.6) is 0 Å². The summed E-state index contributed by atoms with van der Waals surface area (Å²) in [5.74, 6) is -0.294. The first-order valence-corrected chi connectivity index (χ1v) is 6.72. The molecule has 2 N–H and O–H groups in total. The molecule has 2 aromatic carbocycles. The fraction of sp³-hybridized carbons (Fsp3) is 0.188. The van der Waals surface area contributed by atoms with Crippen molar-refractivity contribution in [3.63, 3.8) is 0 Å². The maximum atomic E-state index is 12.2. The van der Waals surface area contributed by atoms with E-state index in [0.29, 0.717) is 10.6 Å². The highest BCUT2D eigenvalue weighted by Crippen LogP contribution is 2.19. The van der Waals surface area contributed by atoms with Crippen molar-refractivity contribution in [1.82, 2.24) is 5.32 Å². The number of carbonyl (C=O) groups excluding carboxylic acids is 1. The average molecular weight is 290 g/mol. The van der Waals surface area contributed by atoms with Crippen molar-refractivity contribution < 1.29 is 9.90 Å². The lowest BCUT2D eigenvalue weighted by Crippen LogP contribution is -2.30. The Kier molecular flexibility index (Phi) is 4.77. The van der Waals surface area contributed by atoms with E-state index in [1.165, 1.54) is 0 Å². The number of nitrogens with one attached hydrogen (secondary N) is 1. The summed E-state index contributed by atoms with van der Waals surface area (Å²) in [7, 11) is 0. The molecule has 1 atom stereocenters. The molecule has 20 heavy (non-hydrogen) atoms. The van der Waals surface area contributed by atoms with E-state index >= 15 is 0 Å². The smallest absolute Gasteiger partial charge is 0.253 e. The van der Waals surface area contributed by atoms with Gasteiger partial charge in [-0.15, -0.1) is 0 Å². The molecular formula is C16H16ClNO2. The van der Waals surface area contributed by atoms with Crippen LogP contribution in [0.2, 0.25) is 5.02 Å². The number of hydrogen-bond donors (Lipinski definition) is 2. The molecule has 0 bridgehead atoms. The summed E-state index contributed by atoms with van der Waals surface area (Å²) < 4.78 is 0. The third kappa shape index (κ3) is 3.38. The number of hydrogen-bond acceptors (Lipinski definition) is 2. The van der Waals surface area contributed by atoms with Gasteiger partial charge in [0.05, 0.1) is 23.2 Å². The topological polar surface area (TPSA) is 49.3 Å². The summed E-state index contributed by atoms with van der Waals surface area (Å²) in [6.45, 7) is 1.74. The monoisotopic (exact) mass is 289 g/mol. The minimum absolute atomic E-state index is 0.167. The van der Waals surface area contributed by atoms with Crippen molar-refractivity contribution in [3.8, 4) is 0 Å². The quantitative estimate of drug-likeness (QED) is 0.908. The highest BCUT2D eigenvalue weighted by atomic mass is 35.5. The predicted octanol–water partition coefficient (Wildman–Crippen LogP) is 3.11. The summed E-state index contributed by atoms with van der Waals surface area (Å²) in [4.78, 5) is 12.2. The van der Waals surface area contributed by atoms with Gasteiger partial charge in [0.1, 0.15) is 0 Å². The average Bonchev–Trinajstić information content (AvgIpc) is 2.45. The molecule has 0 aliphatic carbocycles. The summed E-state index contributed by atoms with van der Waals surface area (Å²) in [5, 5.41) is 12.6. The van der Waals surface area contributed by atoms with Gasteiger partial charge in [-0.25, -0.2) is 0 Å². The van der Waals surface area contributed by atoms with Gasteiger partial charge in [-0.05, 0) is 30.2 Å². The number of halogens is 1. The lowest BCUT2D eigenvalue weighted by atomic mass is 10.1. The van der Waals surface area contributed by atoms with Crippen molar-refractivity contribution >= 4 is 17.5 Å². The molecule has 2 aromatic rings. The number of aliphatic hydroxyl groups is 1. The molecule has 2 rings (SSSR count). The number of aliphatic hydroxyl groups excluding tert-OH is 1. The SMILES string of the molecule is Cc1ccc(C(=O)N[C@H](CO)c2ccccc2)c(Cl)c1. The van der Waals surface area contributed by atoms with Crippen LogP contribution in [0.15, 0.2) is 48.5 Å². The van der Waals surface area contributed by atoms with E-state index in [2.05, 4.69) is 5.32 Å². The third-order valence-corrected chi connectivity index (χ3v) is 3.37. The Labute approximate surface area is 123 Å². The predicted molar refractivity (Wildman–Crippen MR) is 79.9 cm³/mol. The van der Waals surface area contributed by atoms with E-state index in [-0.39, 0.29) is 12.5 Å². The normalized spacial score (nSPS) is 11.9. The van der Waals surface area contributed by atoms with Crippen LogP contribution in [-0.4, -0.2) is 17.6 Å². The molecule has 0 spiro atoms. The van der Waals surface area contributed by atoms with Gasteiger partial charge in [0.2, 0.25) is 0 Å². The summed E-state index contributed by atoms with van der Waals surface area (Å²) in [5.41, 5.74) is 2.26. The summed E-state index contributed by atoms with van der Waals surface area (Å²) >= 11 is 6.07. The van der Waals surface area contributed by atoms with Crippen LogP contribution >= 0.6 is 11.6 Å². The zero-order valence-electron chi connectivity index (χ0n) is 11.1. The molecule has 104 valence electrons. The first-order chi connectivity index (χ1) is 9.61. The second-order valence-electron chi connectivity index (χ2n) is 4.60. The highest BCUT2D eigenvalue weighted by molar-refractivity contribution is 6.33. The Morgan fingerprint density at radius 1 is 1.25 bits per heavy atom. The molecule has 4 heteroatoms. The van der Waals surface area contributed by atoms with Gasteiger partial charge in [0, 0.05) is 0 Å². The van der Waals surface area contributed by atoms with Crippen LogP contribution < -0.4 is 5.32 Å². The van der Waals surface area contributed by atoms with Crippen LogP contribution in [0.3, 0.4) is 0 Å². The Morgan fingerprint density at radius 2 is 1.95 bits per heavy atom. The second-order valence-corrected chi connectivity index (χ2v) is 5.01. The van der Waals surface area contributed by atoms with Gasteiger partial charge in [-0.2, -0.15) is 0 Å². The first-order valence-electron chi connectivity index (χ1n) is 6.34. The molecule has 0 radical (unpaired) electrons. The maximum absolute atomic E-state index is 12.2. The van der Waals surface area contributed by atoms with Crippen molar-refractivity contribution in [2.75, 3.05) is 6.61 Å². The van der Waals surface area contributed by atoms with Crippen LogP contribution in [0.4, 0.5) is 0 Å². The zero-order valence-corrected chi connectivity index (χ0v) is 11.9. The molecule has 0 saturated heterocycles. The van der Waals surface area contributed by atoms with Crippen LogP contribution in [-0.2, 0) is 0 Å². The highest BCUT2D eigenvalue weighted by Gasteiger charge is 2.16. The number of rotatable bonds is 4. The molecular weight excluding hydrogens is 274 g/mol. The first kappa shape index (κ1) is 14.6. The minimum atomic E-state index is -0.443. The lowest BCUT2D eigenvalue weighted by molar-refractivity contribution is 0.0916. The second kappa shape index (κ2) is 6.55. The molecule has 0 aliphatic heterocycles. The number of amides is 1. The molecule has 0 saturated carbocycles. The van der Waals surface area contributed by atoms with Crippen molar-refractivity contribution in [3.05, 3.63) is 70.2 Å². The van der Waals surface area contributed by atoms with Crippen molar-refractivity contribution in [1.29, 1.82) is 0 Å². The number of aryl methyl sites for hydroxylation is 1. The maximum Gasteiger partial charge on any atom is 0.253 e. The number of carbonyl (C=O) groups is 1. The van der Waals surface area contributed by atoms with Gasteiger partial charge in [-0.3, -0.25) is 4.79 Å². The van der Waals surface area contributed by atoms with E-state index in [9.17, 15) is 9.90 Å². The minimum Gasteiger partial charge on any atom is -0.394 e. The van der Waals surface area contributed by atoms with Crippen LogP contribution in [0.1, 0.15) is 27.5 Å². The molecule has 0 aliphatic rings. The molecule has 0 unspecified atom stereocenters. The summed E-state index contributed by atoms with van der Waals surface area (Å²) in [6, 6.07) is 14.1. The van der Waals surface area contributed by atoms with Crippen LogP contribution in [0.25, 0.3) is 0 Å². The fourth-order valence-corrected chi connectivity index (χ4v) is 2.28. The van der Waals surface area contributed by atoms with E-state index in [1.807, 2.05) is 43.3 Å². The Balaban J connectivity index is 2.17. The van der Waals surface area contributed by atoms with Gasteiger partial charge >= 0.3 is 0 Å². The Bertz CT molecular complexity index is 599. The third-order valence-electron chi connectivity index (χ3n) is 3.06. The Hall–Kier alpha value is -1.84. The standard InChI is InChI=1S/C16H16ClNO2/c1-11-7-8-13(14(17)9-11)16(20)18-15(10-19)12-5-3-2-4-6-12/h2-9,15,19H,10H2,1H3,(H,18,20)/t15-/m1/s1. The van der Waals surface area contributed by atoms with Gasteiger partial charge in [0.15, 0.2) is 0 Å². The lowest BCUT2D eigenvalue weighted by Gasteiger charge is -2.17. The van der Waals surface area contributed by atoms with Gasteiger partial charge < -0.3 is 10.4 Å². The molecule has 0 heterocycles. The van der Waals surface area contributed by atoms with Crippen molar-refractivity contribution in [2.45, 2.75) is 13.0 Å². The summed E-state index contributed by atoms with van der Waals surface area (Å²) in [6.07, 6.45) is 0. The van der Waals surface area contributed by atoms with Crippen molar-refractivity contribution in [2.24, 2.45) is 0 Å². The molecule has 0 fully saturated rings. The zero-order chi connectivity index (χ0) is 14.5. The largest absolute Gasteiger partial charge is 0.394 e. The van der Waals surface area contributed by atoms with Crippen LogP contribution in [0, 0.1) is 6.92 Å². The molecule has 1 amide bonds. The Morgan fingerprint density at radius 3 is 2.55 bits per heavy atom. The van der Waals surface area contributed by atoms with E-state index in [0.717, 1.165) is 11.1 Å². The number of benzene rings is 2. The fourth-order valence-electron chi connectivity index (χ4n) is 1.96. The van der Waals surface area contributed by atoms with Gasteiger partial charge in [-0.1, -0.05) is 48.0 Å². The van der Waals surface area contributed by atoms with E-state index in [4.69, 9.17) is 11.6 Å².